The van der Waals surface area contributed by atoms with Gasteiger partial charge in [-0.3, -0.25) is 0 Å². The third kappa shape index (κ3) is 3.23. The van der Waals surface area contributed by atoms with Crippen LogP contribution in [0.2, 0.25) is 0 Å². The van der Waals surface area contributed by atoms with E-state index in [0.29, 0.717) is 0 Å². The van der Waals surface area contributed by atoms with Gasteiger partial charge in [0.25, 0.3) is 0 Å². The molecule has 0 saturated carbocycles. The summed E-state index contributed by atoms with van der Waals surface area (Å²) in [5.74, 6) is 7.26. The van der Waals surface area contributed by atoms with Gasteiger partial charge in [0.1, 0.15) is 5.58 Å². The van der Waals surface area contributed by atoms with E-state index < -0.39 is 0 Å². The normalized spacial score (nSPS) is 10.4. The zero-order valence-corrected chi connectivity index (χ0v) is 12.9. The smallest absolute Gasteiger partial charge is 0.181 e. The minimum atomic E-state index is 0.821. The Kier molecular flexibility index (Phi) is 4.61. The second-order valence-electron chi connectivity index (χ2n) is 5.48. The molecular weight excluding hydrogens is 268 g/mol. The molecule has 3 aromatic rings. The van der Waals surface area contributed by atoms with Gasteiger partial charge in [0.05, 0.1) is 0 Å². The van der Waals surface area contributed by atoms with Crippen molar-refractivity contribution in [1.29, 1.82) is 0 Å². The molecule has 110 valence electrons. The Bertz CT molecular complexity index is 800. The molecular formula is C21H20O. The van der Waals surface area contributed by atoms with Gasteiger partial charge in [-0.15, -0.1) is 0 Å². The topological polar surface area (TPSA) is 13.1 Å². The van der Waals surface area contributed by atoms with Gasteiger partial charge in [-0.2, -0.15) is 0 Å². The van der Waals surface area contributed by atoms with Crippen molar-refractivity contribution in [3.63, 3.8) is 0 Å². The lowest BCUT2D eigenvalue weighted by molar-refractivity contribution is 0.592. The highest BCUT2D eigenvalue weighted by Gasteiger charge is 2.11. The number of hydrogen-bond donors (Lipinski definition) is 0. The van der Waals surface area contributed by atoms with Gasteiger partial charge in [0.15, 0.2) is 5.76 Å². The molecule has 1 aromatic heterocycles. The van der Waals surface area contributed by atoms with Gasteiger partial charge >= 0.3 is 0 Å². The van der Waals surface area contributed by atoms with Gasteiger partial charge in [0, 0.05) is 16.5 Å². The second kappa shape index (κ2) is 7.00. The average molecular weight is 288 g/mol. The summed E-state index contributed by atoms with van der Waals surface area (Å²) in [7, 11) is 0. The molecule has 1 heterocycles. The molecule has 22 heavy (non-hydrogen) atoms. The lowest BCUT2D eigenvalue weighted by atomic mass is 10.0. The number of rotatable bonds is 4. The average Bonchev–Trinajstić information content (AvgIpc) is 2.92. The first-order valence-corrected chi connectivity index (χ1v) is 7.96. The molecule has 0 aliphatic heterocycles. The van der Waals surface area contributed by atoms with Crippen LogP contribution in [-0.2, 0) is 6.42 Å². The minimum Gasteiger partial charge on any atom is -0.447 e. The molecule has 0 unspecified atom stereocenters. The fraction of sp³-hybridized carbons (Fsp3) is 0.238. The van der Waals surface area contributed by atoms with E-state index in [4.69, 9.17) is 4.42 Å². The monoisotopic (exact) mass is 288 g/mol. The number of hydrogen-bond acceptors (Lipinski definition) is 1. The summed E-state index contributed by atoms with van der Waals surface area (Å²) in [6.45, 7) is 2.23. The highest BCUT2D eigenvalue weighted by molar-refractivity contribution is 5.83. The third-order valence-corrected chi connectivity index (χ3v) is 3.82. The molecule has 0 radical (unpaired) electrons. The molecule has 1 heteroatoms. The number of furan rings is 1. The molecule has 0 bridgehead atoms. The fourth-order valence-electron chi connectivity index (χ4n) is 2.65. The Hall–Kier alpha value is -2.46. The van der Waals surface area contributed by atoms with Crippen LogP contribution in [0.1, 0.15) is 43.1 Å². The second-order valence-corrected chi connectivity index (χ2v) is 5.48. The van der Waals surface area contributed by atoms with E-state index >= 15 is 0 Å². The number of para-hydroxylation sites is 1. The molecule has 0 fully saturated rings. The summed E-state index contributed by atoms with van der Waals surface area (Å²) in [6.07, 6.45) is 4.68. The zero-order chi connectivity index (χ0) is 15.2. The molecule has 1 nitrogen and oxygen atoms in total. The molecule has 3 rings (SSSR count). The van der Waals surface area contributed by atoms with E-state index in [1.165, 1.54) is 30.2 Å². The molecule has 0 aliphatic rings. The van der Waals surface area contributed by atoms with Crippen LogP contribution in [-0.4, -0.2) is 0 Å². The van der Waals surface area contributed by atoms with Gasteiger partial charge in [-0.25, -0.2) is 0 Å². The Morgan fingerprint density at radius 3 is 2.45 bits per heavy atom. The van der Waals surface area contributed by atoms with E-state index in [0.717, 1.165) is 23.3 Å². The summed E-state index contributed by atoms with van der Waals surface area (Å²) in [5, 5.41) is 1.20. The van der Waals surface area contributed by atoms with Crippen molar-refractivity contribution in [1.82, 2.24) is 0 Å². The first-order valence-electron chi connectivity index (χ1n) is 7.96. The van der Waals surface area contributed by atoms with Crippen LogP contribution in [0.25, 0.3) is 11.0 Å². The van der Waals surface area contributed by atoms with Gasteiger partial charge in [-0.1, -0.05) is 62.1 Å². The first-order chi connectivity index (χ1) is 10.9. The standard InChI is InChI=1S/C21H20O/c1-2-3-5-12-19-18-13-8-9-14-20(18)22-21(19)16-15-17-10-6-4-7-11-17/h4,6-11,13-14H,2-3,5,12H2,1H3. The zero-order valence-electron chi connectivity index (χ0n) is 12.9. The summed E-state index contributed by atoms with van der Waals surface area (Å²) in [4.78, 5) is 0. The molecule has 2 aromatic carbocycles. The van der Waals surface area contributed by atoms with E-state index in [-0.39, 0.29) is 0 Å². The van der Waals surface area contributed by atoms with Crippen LogP contribution in [0.3, 0.4) is 0 Å². The molecule has 0 amide bonds. The Morgan fingerprint density at radius 1 is 0.864 bits per heavy atom. The fourth-order valence-corrected chi connectivity index (χ4v) is 2.65. The van der Waals surface area contributed by atoms with Crippen LogP contribution < -0.4 is 0 Å². The molecule has 0 saturated heterocycles. The summed E-state index contributed by atoms with van der Waals surface area (Å²) in [5.41, 5.74) is 3.21. The maximum absolute atomic E-state index is 5.98. The number of fused-ring (bicyclic) bond motifs is 1. The van der Waals surface area contributed by atoms with Crippen LogP contribution in [0.15, 0.2) is 59.0 Å². The van der Waals surface area contributed by atoms with Gasteiger partial charge < -0.3 is 4.42 Å². The molecule has 0 atom stereocenters. The highest BCUT2D eigenvalue weighted by atomic mass is 16.3. The minimum absolute atomic E-state index is 0.821. The SMILES string of the molecule is CCCCCc1c(C#Cc2ccccc2)oc2ccccc12. The predicted octanol–water partition coefficient (Wildman–Crippen LogP) is 5.57. The van der Waals surface area contributed by atoms with Crippen molar-refractivity contribution < 1.29 is 4.42 Å². The highest BCUT2D eigenvalue weighted by Crippen LogP contribution is 2.27. The van der Waals surface area contributed by atoms with Crippen molar-refractivity contribution in [2.24, 2.45) is 0 Å². The summed E-state index contributed by atoms with van der Waals surface area (Å²) >= 11 is 0. The third-order valence-electron chi connectivity index (χ3n) is 3.82. The van der Waals surface area contributed by atoms with Crippen molar-refractivity contribution in [3.05, 3.63) is 71.5 Å². The Morgan fingerprint density at radius 2 is 1.64 bits per heavy atom. The van der Waals surface area contributed by atoms with E-state index in [1.807, 2.05) is 42.5 Å². The Labute approximate surface area is 132 Å². The Balaban J connectivity index is 1.97. The van der Waals surface area contributed by atoms with E-state index in [2.05, 4.69) is 30.9 Å². The maximum Gasteiger partial charge on any atom is 0.181 e. The number of benzene rings is 2. The van der Waals surface area contributed by atoms with Crippen molar-refractivity contribution in [2.75, 3.05) is 0 Å². The predicted molar refractivity (Wildman–Crippen MR) is 91.9 cm³/mol. The molecule has 0 spiro atoms. The van der Waals surface area contributed by atoms with Crippen molar-refractivity contribution in [3.8, 4) is 11.8 Å². The van der Waals surface area contributed by atoms with Crippen LogP contribution in [0.4, 0.5) is 0 Å². The summed E-state index contributed by atoms with van der Waals surface area (Å²) in [6, 6.07) is 18.3. The van der Waals surface area contributed by atoms with Crippen LogP contribution in [0.5, 0.6) is 0 Å². The largest absolute Gasteiger partial charge is 0.447 e. The summed E-state index contributed by atoms with van der Waals surface area (Å²) < 4.78 is 5.98. The number of unbranched alkanes of at least 4 members (excludes halogenated alkanes) is 2. The van der Waals surface area contributed by atoms with E-state index in [1.54, 1.807) is 0 Å². The quantitative estimate of drug-likeness (QED) is 0.452. The molecule has 0 N–H and O–H groups in total. The van der Waals surface area contributed by atoms with Gasteiger partial charge in [0.2, 0.25) is 0 Å². The van der Waals surface area contributed by atoms with Crippen LogP contribution in [0, 0.1) is 11.8 Å². The van der Waals surface area contributed by atoms with Crippen molar-refractivity contribution >= 4 is 11.0 Å². The molecule has 0 aliphatic carbocycles. The lowest BCUT2D eigenvalue weighted by Gasteiger charge is -1.98. The van der Waals surface area contributed by atoms with Gasteiger partial charge in [-0.05, 0) is 37.0 Å². The van der Waals surface area contributed by atoms with E-state index in [9.17, 15) is 0 Å². The maximum atomic E-state index is 5.98. The lowest BCUT2D eigenvalue weighted by Crippen LogP contribution is -1.87. The number of aryl methyl sites for hydroxylation is 1. The van der Waals surface area contributed by atoms with Crippen molar-refractivity contribution in [2.45, 2.75) is 32.6 Å². The van der Waals surface area contributed by atoms with Crippen LogP contribution >= 0.6 is 0 Å². The first kappa shape index (κ1) is 14.5.